The number of rotatable bonds is 15. The van der Waals surface area contributed by atoms with Gasteiger partial charge in [-0.25, -0.2) is 0 Å². The molecule has 0 aliphatic carbocycles. The second-order valence-corrected chi connectivity index (χ2v) is 12.3. The molecule has 0 spiro atoms. The largest absolute Gasteiger partial charge is 0.508 e. The van der Waals surface area contributed by atoms with Crippen molar-refractivity contribution in [3.63, 3.8) is 0 Å². The van der Waals surface area contributed by atoms with E-state index in [1.54, 1.807) is 24.3 Å². The Kier molecular flexibility index (Phi) is 11.2. The molecule has 224 valence electrons. The molecule has 0 radical (unpaired) electrons. The molecule has 3 unspecified atom stereocenters. The molecule has 2 aromatic rings. The lowest BCUT2D eigenvalue weighted by atomic mass is 9.66. The van der Waals surface area contributed by atoms with Gasteiger partial charge < -0.3 is 20.3 Å². The zero-order chi connectivity index (χ0) is 29.4. The van der Waals surface area contributed by atoms with E-state index in [1.807, 2.05) is 18.2 Å². The number of aromatic hydroxyl groups is 2. The molecule has 0 saturated carbocycles. The van der Waals surface area contributed by atoms with E-state index in [-0.39, 0.29) is 28.6 Å². The number of hydrogen-bond donors (Lipinski definition) is 3. The molecule has 1 aliphatic rings. The van der Waals surface area contributed by atoms with Crippen molar-refractivity contribution in [2.24, 2.45) is 0 Å². The van der Waals surface area contributed by atoms with E-state index in [1.165, 1.54) is 0 Å². The van der Waals surface area contributed by atoms with E-state index in [2.05, 4.69) is 12.2 Å². The first-order chi connectivity index (χ1) is 18.8. The van der Waals surface area contributed by atoms with Crippen molar-refractivity contribution in [3.05, 3.63) is 53.6 Å². The number of unbranched alkanes of at least 4 members (excludes halogenated alkanes) is 2. The number of phenolic OH excluding ortho intramolecular Hbond substituents is 2. The number of benzene rings is 2. The van der Waals surface area contributed by atoms with E-state index in [9.17, 15) is 36.4 Å². The molecular weight excluding hydrogens is 553 g/mol. The van der Waals surface area contributed by atoms with Crippen LogP contribution < -0.4 is 10.1 Å². The zero-order valence-corrected chi connectivity index (χ0v) is 23.4. The van der Waals surface area contributed by atoms with Gasteiger partial charge in [0, 0.05) is 46.1 Å². The normalized spacial score (nSPS) is 20.1. The Labute approximate surface area is 234 Å². The van der Waals surface area contributed by atoms with Gasteiger partial charge >= 0.3 is 12.1 Å². The maximum Gasteiger partial charge on any atom is 0.453 e. The molecule has 0 saturated heterocycles. The summed E-state index contributed by atoms with van der Waals surface area (Å²) in [6, 6.07) is 12.4. The molecule has 2 aromatic carbocycles. The average Bonchev–Trinajstić information content (AvgIpc) is 2.88. The van der Waals surface area contributed by atoms with Crippen LogP contribution in [0, 0.1) is 0 Å². The molecule has 1 heterocycles. The second-order valence-electron chi connectivity index (χ2n) is 10.6. The smallest absolute Gasteiger partial charge is 0.453 e. The fourth-order valence-corrected chi connectivity index (χ4v) is 6.35. The van der Waals surface area contributed by atoms with Gasteiger partial charge in [-0.05, 0) is 74.5 Å². The van der Waals surface area contributed by atoms with Crippen LogP contribution >= 0.6 is 0 Å². The van der Waals surface area contributed by atoms with E-state index in [4.69, 9.17) is 4.74 Å². The quantitative estimate of drug-likeness (QED) is 0.157. The van der Waals surface area contributed by atoms with Gasteiger partial charge in [0.2, 0.25) is 0 Å². The lowest BCUT2D eigenvalue weighted by Crippen LogP contribution is -2.40. The van der Waals surface area contributed by atoms with E-state index in [0.29, 0.717) is 24.5 Å². The van der Waals surface area contributed by atoms with E-state index in [0.717, 1.165) is 49.9 Å². The Balaban J connectivity index is 1.38. The van der Waals surface area contributed by atoms with Crippen molar-refractivity contribution in [3.8, 4) is 17.2 Å². The first-order valence-electron chi connectivity index (χ1n) is 13.6. The minimum atomic E-state index is -5.56. The van der Waals surface area contributed by atoms with Gasteiger partial charge in [-0.3, -0.25) is 4.21 Å². The highest BCUT2D eigenvalue weighted by Gasteiger charge is 2.56. The Morgan fingerprint density at radius 3 is 2.27 bits per heavy atom. The van der Waals surface area contributed by atoms with Crippen molar-refractivity contribution in [2.45, 2.75) is 75.3 Å². The number of nitrogens with one attached hydrogen (secondary N) is 1. The van der Waals surface area contributed by atoms with Crippen molar-refractivity contribution in [1.29, 1.82) is 0 Å². The molecule has 0 amide bonds. The van der Waals surface area contributed by atoms with Crippen LogP contribution in [0.1, 0.15) is 68.9 Å². The topological polar surface area (TPSA) is 78.8 Å². The lowest BCUT2D eigenvalue weighted by molar-refractivity contribution is -0.284. The first-order valence-corrected chi connectivity index (χ1v) is 15.1. The highest BCUT2D eigenvalue weighted by molar-refractivity contribution is 7.84. The fraction of sp³-hybridized carbons (Fsp3) is 0.586. The SMILES string of the molecule is CC1(c2ccc(O)cc2)COc2cc(O)ccc2C1CCCNCCCCCS(=O)CCCC(F)(F)C(F)(F)F. The van der Waals surface area contributed by atoms with Crippen LogP contribution in [0.15, 0.2) is 42.5 Å². The summed E-state index contributed by atoms with van der Waals surface area (Å²) in [6.45, 7) is 4.14. The number of phenols is 2. The molecule has 3 atom stereocenters. The minimum Gasteiger partial charge on any atom is -0.508 e. The third-order valence-electron chi connectivity index (χ3n) is 7.55. The van der Waals surface area contributed by atoms with Gasteiger partial charge in [-0.15, -0.1) is 0 Å². The summed E-state index contributed by atoms with van der Waals surface area (Å²) >= 11 is 0. The van der Waals surface area contributed by atoms with Gasteiger partial charge in [0.05, 0.1) is 6.61 Å². The number of ether oxygens (including phenoxy) is 1. The summed E-state index contributed by atoms with van der Waals surface area (Å²) < 4.78 is 80.4. The molecule has 1 aliphatic heterocycles. The maximum absolute atomic E-state index is 12.9. The average molecular weight is 592 g/mol. The van der Waals surface area contributed by atoms with Gasteiger partial charge in [0.15, 0.2) is 0 Å². The standard InChI is InChI=1S/C29H38F5NO4S/c1-27(21-8-10-22(36)11-9-21)20-39-26-19-23(37)12-13-24(26)25(27)7-5-16-35-15-3-2-4-17-40(38)18-6-14-28(30,31)29(32,33)34/h8-13,19,25,35-37H,2-7,14-18,20H2,1H3. The predicted octanol–water partition coefficient (Wildman–Crippen LogP) is 6.80. The molecule has 11 heteroatoms. The molecule has 3 rings (SSSR count). The molecule has 40 heavy (non-hydrogen) atoms. The molecule has 0 aromatic heterocycles. The Morgan fingerprint density at radius 1 is 0.925 bits per heavy atom. The Morgan fingerprint density at radius 2 is 1.57 bits per heavy atom. The van der Waals surface area contributed by atoms with Gasteiger partial charge in [-0.2, -0.15) is 22.0 Å². The summed E-state index contributed by atoms with van der Waals surface area (Å²) in [4.78, 5) is 0. The summed E-state index contributed by atoms with van der Waals surface area (Å²) in [5.74, 6) is -3.42. The summed E-state index contributed by atoms with van der Waals surface area (Å²) in [7, 11) is -1.40. The number of halogens is 5. The van der Waals surface area contributed by atoms with Crippen LogP contribution in [0.3, 0.4) is 0 Å². The van der Waals surface area contributed by atoms with Gasteiger partial charge in [0.25, 0.3) is 0 Å². The monoisotopic (exact) mass is 591 g/mol. The third-order valence-corrected chi connectivity index (χ3v) is 9.03. The zero-order valence-electron chi connectivity index (χ0n) is 22.6. The van der Waals surface area contributed by atoms with Crippen LogP contribution in [0.2, 0.25) is 0 Å². The van der Waals surface area contributed by atoms with Crippen molar-refractivity contribution >= 4 is 10.8 Å². The van der Waals surface area contributed by atoms with Crippen LogP contribution in [0.4, 0.5) is 22.0 Å². The summed E-state index contributed by atoms with van der Waals surface area (Å²) in [5, 5.41) is 23.1. The Bertz CT molecular complexity index is 1110. The van der Waals surface area contributed by atoms with Crippen molar-refractivity contribution in [2.75, 3.05) is 31.2 Å². The molecule has 5 nitrogen and oxygen atoms in total. The first kappa shape index (κ1) is 32.1. The minimum absolute atomic E-state index is 0.134. The van der Waals surface area contributed by atoms with Crippen LogP contribution in [0.5, 0.6) is 17.2 Å². The van der Waals surface area contributed by atoms with Gasteiger partial charge in [0.1, 0.15) is 17.2 Å². The third kappa shape index (κ3) is 8.55. The summed E-state index contributed by atoms with van der Waals surface area (Å²) in [6.07, 6.45) is -3.30. The molecule has 0 bridgehead atoms. The Hall–Kier alpha value is -2.40. The van der Waals surface area contributed by atoms with Crippen molar-refractivity contribution in [1.82, 2.24) is 5.32 Å². The molecule has 0 fully saturated rings. The van der Waals surface area contributed by atoms with Crippen molar-refractivity contribution < 1.29 is 41.1 Å². The number of fused-ring (bicyclic) bond motifs is 1. The van der Waals surface area contributed by atoms with E-state index < -0.39 is 35.7 Å². The van der Waals surface area contributed by atoms with Gasteiger partial charge in [-0.1, -0.05) is 31.5 Å². The lowest BCUT2D eigenvalue weighted by Gasteiger charge is -2.43. The predicted molar refractivity (Wildman–Crippen MR) is 146 cm³/mol. The highest BCUT2D eigenvalue weighted by atomic mass is 32.2. The van der Waals surface area contributed by atoms with E-state index >= 15 is 0 Å². The molecular formula is C29H38F5NO4S. The number of alkyl halides is 5. The maximum atomic E-state index is 12.9. The number of hydrogen-bond acceptors (Lipinski definition) is 5. The second kappa shape index (κ2) is 14.0. The van der Waals surface area contributed by atoms with Crippen LogP contribution in [-0.2, 0) is 16.2 Å². The molecule has 3 N–H and O–H groups in total. The van der Waals surface area contributed by atoms with Crippen LogP contribution in [-0.4, -0.2) is 57.7 Å². The summed E-state index contributed by atoms with van der Waals surface area (Å²) in [5.41, 5.74) is 1.78. The highest BCUT2D eigenvalue weighted by Crippen LogP contribution is 2.49. The fourth-order valence-electron chi connectivity index (χ4n) is 5.15. The van der Waals surface area contributed by atoms with Crippen LogP contribution in [0.25, 0.3) is 0 Å².